The molecule has 0 aliphatic carbocycles. The highest BCUT2D eigenvalue weighted by Crippen LogP contribution is 2.38. The molecule has 0 atom stereocenters. The molecule has 0 aliphatic heterocycles. The van der Waals surface area contributed by atoms with Gasteiger partial charge in [0.05, 0.1) is 5.25 Å². The maximum Gasteiger partial charge on any atom is 0.0549 e. The second kappa shape index (κ2) is 7.58. The summed E-state index contributed by atoms with van der Waals surface area (Å²) in [5, 5.41) is 3.02. The Kier molecular flexibility index (Phi) is 4.85. The van der Waals surface area contributed by atoms with E-state index in [0.717, 1.165) is 5.75 Å². The van der Waals surface area contributed by atoms with Gasteiger partial charge in [-0.1, -0.05) is 103 Å². The first kappa shape index (κ1) is 16.0. The molecule has 0 bridgehead atoms. The first-order valence-electron chi connectivity index (χ1n) is 8.60. The molecule has 0 aromatic heterocycles. The van der Waals surface area contributed by atoms with E-state index in [1.807, 2.05) is 11.8 Å². The standard InChI is InChI=1S/C24H20S/c1-3-11-20(12-4-1)24(21-13-5-2-6-14-21)25-18-22-16-9-15-19-10-7-8-17-23(19)22/h1-17,24H,18H2. The van der Waals surface area contributed by atoms with Crippen LogP contribution in [0.25, 0.3) is 10.8 Å². The Balaban J connectivity index is 1.65. The fraction of sp³-hybridized carbons (Fsp3) is 0.0833. The summed E-state index contributed by atoms with van der Waals surface area (Å²) in [4.78, 5) is 0. The van der Waals surface area contributed by atoms with Gasteiger partial charge in [0.25, 0.3) is 0 Å². The Morgan fingerprint density at radius 1 is 0.560 bits per heavy atom. The summed E-state index contributed by atoms with van der Waals surface area (Å²) in [6.07, 6.45) is 0. The zero-order chi connectivity index (χ0) is 16.9. The van der Waals surface area contributed by atoms with Crippen LogP contribution in [0.4, 0.5) is 0 Å². The van der Waals surface area contributed by atoms with Crippen LogP contribution in [-0.2, 0) is 5.75 Å². The minimum atomic E-state index is 0.348. The average molecular weight is 340 g/mol. The molecule has 0 spiro atoms. The Morgan fingerprint density at radius 2 is 1.12 bits per heavy atom. The number of thioether (sulfide) groups is 1. The van der Waals surface area contributed by atoms with E-state index in [9.17, 15) is 0 Å². The molecule has 4 aromatic carbocycles. The van der Waals surface area contributed by atoms with E-state index in [4.69, 9.17) is 0 Å². The first-order valence-corrected chi connectivity index (χ1v) is 9.65. The zero-order valence-electron chi connectivity index (χ0n) is 14.0. The summed E-state index contributed by atoms with van der Waals surface area (Å²) >= 11 is 2.00. The molecule has 0 aliphatic rings. The van der Waals surface area contributed by atoms with Crippen molar-refractivity contribution in [1.29, 1.82) is 0 Å². The molecule has 122 valence electrons. The lowest BCUT2D eigenvalue weighted by molar-refractivity contribution is 1.15. The topological polar surface area (TPSA) is 0 Å². The maximum absolute atomic E-state index is 2.25. The Labute approximate surface area is 153 Å². The van der Waals surface area contributed by atoms with Crippen LogP contribution >= 0.6 is 11.8 Å². The molecule has 0 nitrogen and oxygen atoms in total. The van der Waals surface area contributed by atoms with Gasteiger partial charge in [0.2, 0.25) is 0 Å². The minimum absolute atomic E-state index is 0.348. The molecule has 0 radical (unpaired) electrons. The van der Waals surface area contributed by atoms with E-state index in [2.05, 4.69) is 103 Å². The minimum Gasteiger partial charge on any atom is -0.144 e. The Hall–Kier alpha value is -2.51. The monoisotopic (exact) mass is 340 g/mol. The predicted octanol–water partition coefficient (Wildman–Crippen LogP) is 6.86. The van der Waals surface area contributed by atoms with Gasteiger partial charge in [-0.2, -0.15) is 0 Å². The Bertz CT molecular complexity index is 900. The smallest absolute Gasteiger partial charge is 0.0549 e. The normalized spacial score (nSPS) is 11.1. The number of fused-ring (bicyclic) bond motifs is 1. The molecule has 0 unspecified atom stereocenters. The van der Waals surface area contributed by atoms with Crippen molar-refractivity contribution in [3.8, 4) is 0 Å². The Morgan fingerprint density at radius 3 is 1.80 bits per heavy atom. The lowest BCUT2D eigenvalue weighted by Crippen LogP contribution is -1.97. The number of hydrogen-bond acceptors (Lipinski definition) is 1. The molecule has 0 saturated heterocycles. The van der Waals surface area contributed by atoms with Crippen LogP contribution in [0.3, 0.4) is 0 Å². The van der Waals surface area contributed by atoms with Crippen molar-refractivity contribution in [2.24, 2.45) is 0 Å². The molecule has 0 N–H and O–H groups in total. The van der Waals surface area contributed by atoms with E-state index < -0.39 is 0 Å². The number of rotatable bonds is 5. The summed E-state index contributed by atoms with van der Waals surface area (Å²) in [6.45, 7) is 0. The lowest BCUT2D eigenvalue weighted by atomic mass is 10.0. The third-order valence-electron chi connectivity index (χ3n) is 4.49. The SMILES string of the molecule is c1ccc(C(SCc2cccc3ccccc23)c2ccccc2)cc1. The molecule has 0 heterocycles. The van der Waals surface area contributed by atoms with Gasteiger partial charge < -0.3 is 0 Å². The van der Waals surface area contributed by atoms with Crippen LogP contribution in [0.1, 0.15) is 21.9 Å². The van der Waals surface area contributed by atoms with Crippen LogP contribution in [0.5, 0.6) is 0 Å². The fourth-order valence-corrected chi connectivity index (χ4v) is 4.53. The number of hydrogen-bond donors (Lipinski definition) is 0. The first-order chi connectivity index (χ1) is 12.4. The van der Waals surface area contributed by atoms with E-state index >= 15 is 0 Å². The zero-order valence-corrected chi connectivity index (χ0v) is 14.8. The van der Waals surface area contributed by atoms with E-state index in [1.54, 1.807) is 0 Å². The molecule has 0 fully saturated rings. The van der Waals surface area contributed by atoms with Crippen molar-refractivity contribution in [2.75, 3.05) is 0 Å². The van der Waals surface area contributed by atoms with Crippen molar-refractivity contribution >= 4 is 22.5 Å². The van der Waals surface area contributed by atoms with Crippen molar-refractivity contribution < 1.29 is 0 Å². The molecule has 4 rings (SSSR count). The van der Waals surface area contributed by atoms with Crippen LogP contribution in [-0.4, -0.2) is 0 Å². The van der Waals surface area contributed by atoms with Crippen LogP contribution in [0, 0.1) is 0 Å². The highest BCUT2D eigenvalue weighted by molar-refractivity contribution is 7.99. The molecular weight excluding hydrogens is 320 g/mol. The second-order valence-corrected chi connectivity index (χ2v) is 7.24. The summed E-state index contributed by atoms with van der Waals surface area (Å²) < 4.78 is 0. The van der Waals surface area contributed by atoms with E-state index in [1.165, 1.54) is 27.5 Å². The van der Waals surface area contributed by atoms with Gasteiger partial charge in [-0.25, -0.2) is 0 Å². The second-order valence-electron chi connectivity index (χ2n) is 6.15. The summed E-state index contributed by atoms with van der Waals surface area (Å²) in [6, 6.07) is 36.9. The molecular formula is C24H20S. The van der Waals surface area contributed by atoms with Crippen LogP contribution in [0.15, 0.2) is 103 Å². The highest BCUT2D eigenvalue weighted by Gasteiger charge is 2.15. The highest BCUT2D eigenvalue weighted by atomic mass is 32.2. The van der Waals surface area contributed by atoms with Gasteiger partial charge in [0.15, 0.2) is 0 Å². The van der Waals surface area contributed by atoms with Gasteiger partial charge in [-0.3, -0.25) is 0 Å². The molecule has 4 aromatic rings. The van der Waals surface area contributed by atoms with Crippen LogP contribution in [0.2, 0.25) is 0 Å². The summed E-state index contributed by atoms with van der Waals surface area (Å²) in [7, 11) is 0. The van der Waals surface area contributed by atoms with Gasteiger partial charge in [-0.15, -0.1) is 11.8 Å². The third-order valence-corrected chi connectivity index (χ3v) is 5.85. The quantitative estimate of drug-likeness (QED) is 0.382. The number of benzene rings is 4. The van der Waals surface area contributed by atoms with Gasteiger partial charge >= 0.3 is 0 Å². The predicted molar refractivity (Wildman–Crippen MR) is 110 cm³/mol. The molecule has 1 heteroatoms. The van der Waals surface area contributed by atoms with Crippen molar-refractivity contribution in [2.45, 2.75) is 11.0 Å². The molecule has 0 amide bonds. The van der Waals surface area contributed by atoms with Gasteiger partial charge in [-0.05, 0) is 27.5 Å². The fourth-order valence-electron chi connectivity index (χ4n) is 3.23. The maximum atomic E-state index is 2.25. The molecule has 25 heavy (non-hydrogen) atoms. The van der Waals surface area contributed by atoms with E-state index in [-0.39, 0.29) is 0 Å². The van der Waals surface area contributed by atoms with Crippen molar-refractivity contribution in [1.82, 2.24) is 0 Å². The lowest BCUT2D eigenvalue weighted by Gasteiger charge is -2.18. The van der Waals surface area contributed by atoms with Crippen LogP contribution < -0.4 is 0 Å². The third kappa shape index (κ3) is 3.62. The van der Waals surface area contributed by atoms with Gasteiger partial charge in [0, 0.05) is 5.75 Å². The largest absolute Gasteiger partial charge is 0.144 e. The van der Waals surface area contributed by atoms with Crippen molar-refractivity contribution in [3.05, 3.63) is 120 Å². The van der Waals surface area contributed by atoms with E-state index in [0.29, 0.717) is 5.25 Å². The summed E-state index contributed by atoms with van der Waals surface area (Å²) in [5.74, 6) is 0.996. The van der Waals surface area contributed by atoms with Gasteiger partial charge in [0.1, 0.15) is 0 Å². The average Bonchev–Trinajstić information content (AvgIpc) is 2.70. The summed E-state index contributed by atoms with van der Waals surface area (Å²) in [5.41, 5.74) is 4.12. The van der Waals surface area contributed by atoms with Crippen molar-refractivity contribution in [3.63, 3.8) is 0 Å². The molecule has 0 saturated carbocycles.